The van der Waals surface area contributed by atoms with E-state index in [2.05, 4.69) is 23.3 Å². The van der Waals surface area contributed by atoms with E-state index in [-0.39, 0.29) is 0 Å². The Morgan fingerprint density at radius 1 is 1.15 bits per heavy atom. The number of ether oxygens (including phenoxy) is 1. The minimum Gasteiger partial charge on any atom is -0.497 e. The molecule has 2 N–H and O–H groups in total. The summed E-state index contributed by atoms with van der Waals surface area (Å²) >= 11 is 0. The second kappa shape index (κ2) is 5.35. The molecule has 0 spiro atoms. The van der Waals surface area contributed by atoms with Gasteiger partial charge in [0.05, 0.1) is 24.9 Å². The Morgan fingerprint density at radius 3 is 2.80 bits per heavy atom. The number of hydrogen-bond acceptors (Lipinski definition) is 3. The van der Waals surface area contributed by atoms with Gasteiger partial charge in [-0.2, -0.15) is 5.10 Å². The molecule has 0 fully saturated rings. The monoisotopic (exact) mass is 267 g/mol. The van der Waals surface area contributed by atoms with Crippen LogP contribution in [0, 0.1) is 0 Å². The lowest BCUT2D eigenvalue weighted by Gasteiger charge is -2.06. The van der Waals surface area contributed by atoms with E-state index in [0.29, 0.717) is 13.1 Å². The largest absolute Gasteiger partial charge is 0.497 e. The molecule has 4 heteroatoms. The van der Waals surface area contributed by atoms with Crippen LogP contribution in [0.4, 0.5) is 0 Å². The Balaban J connectivity index is 2.02. The first-order valence-corrected chi connectivity index (χ1v) is 6.59. The molecule has 0 aliphatic rings. The molecule has 0 amide bonds. The van der Waals surface area contributed by atoms with E-state index in [4.69, 9.17) is 10.5 Å². The average Bonchev–Trinajstić information content (AvgIpc) is 2.86. The second-order valence-electron chi connectivity index (χ2n) is 4.68. The summed E-state index contributed by atoms with van der Waals surface area (Å²) in [4.78, 5) is 0. The van der Waals surface area contributed by atoms with Crippen LogP contribution in [0.3, 0.4) is 0 Å². The fourth-order valence-electron chi connectivity index (χ4n) is 2.41. The van der Waals surface area contributed by atoms with Gasteiger partial charge in [-0.15, -0.1) is 0 Å². The van der Waals surface area contributed by atoms with Crippen molar-refractivity contribution in [2.75, 3.05) is 7.11 Å². The van der Waals surface area contributed by atoms with E-state index in [0.717, 1.165) is 27.9 Å². The molecule has 0 atom stereocenters. The lowest BCUT2D eigenvalue weighted by atomic mass is 10.2. The number of nitrogens with two attached hydrogens (primary N) is 1. The topological polar surface area (TPSA) is 53.1 Å². The molecule has 0 saturated carbocycles. The quantitative estimate of drug-likeness (QED) is 0.790. The molecule has 0 bridgehead atoms. The molecule has 0 saturated heterocycles. The van der Waals surface area contributed by atoms with Crippen LogP contribution >= 0.6 is 0 Å². The minimum atomic E-state index is 0.450. The zero-order valence-electron chi connectivity index (χ0n) is 11.4. The van der Waals surface area contributed by atoms with Gasteiger partial charge in [-0.05, 0) is 23.8 Å². The number of rotatable bonds is 4. The predicted molar refractivity (Wildman–Crippen MR) is 79.7 cm³/mol. The maximum absolute atomic E-state index is 5.77. The maximum Gasteiger partial charge on any atom is 0.119 e. The molecule has 0 aliphatic heterocycles. The Kier molecular flexibility index (Phi) is 3.39. The van der Waals surface area contributed by atoms with Crippen LogP contribution in [0.2, 0.25) is 0 Å². The fourth-order valence-corrected chi connectivity index (χ4v) is 2.41. The summed E-state index contributed by atoms with van der Waals surface area (Å²) in [6.45, 7) is 1.16. The van der Waals surface area contributed by atoms with Crippen LogP contribution in [0.25, 0.3) is 10.9 Å². The Bertz CT molecular complexity index is 733. The Labute approximate surface area is 117 Å². The number of hydrogen-bond donors (Lipinski definition) is 1. The summed E-state index contributed by atoms with van der Waals surface area (Å²) in [5.41, 5.74) is 8.97. The van der Waals surface area contributed by atoms with E-state index in [9.17, 15) is 0 Å². The van der Waals surface area contributed by atoms with Crippen LogP contribution in [0.15, 0.2) is 48.5 Å². The van der Waals surface area contributed by atoms with E-state index in [1.54, 1.807) is 7.11 Å². The standard InChI is InChI=1S/C16H17N3O/c1-20-13-6-4-5-12(9-13)11-19-16-8-3-2-7-14(16)15(10-17)18-19/h2-9H,10-11,17H2,1H3. The molecule has 4 nitrogen and oxygen atoms in total. The van der Waals surface area contributed by atoms with Crippen molar-refractivity contribution in [2.45, 2.75) is 13.1 Å². The van der Waals surface area contributed by atoms with Crippen LogP contribution in [0.1, 0.15) is 11.3 Å². The van der Waals surface area contributed by atoms with Crippen molar-refractivity contribution in [2.24, 2.45) is 5.73 Å². The molecule has 1 aromatic heterocycles. The second-order valence-corrected chi connectivity index (χ2v) is 4.68. The third kappa shape index (κ3) is 2.26. The third-order valence-electron chi connectivity index (χ3n) is 3.39. The van der Waals surface area contributed by atoms with Gasteiger partial charge >= 0.3 is 0 Å². The highest BCUT2D eigenvalue weighted by molar-refractivity contribution is 5.82. The first-order valence-electron chi connectivity index (χ1n) is 6.59. The lowest BCUT2D eigenvalue weighted by Crippen LogP contribution is -2.04. The van der Waals surface area contributed by atoms with E-state index < -0.39 is 0 Å². The summed E-state index contributed by atoms with van der Waals surface area (Å²) in [6, 6.07) is 16.2. The molecule has 2 aromatic carbocycles. The number of para-hydroxylation sites is 1. The van der Waals surface area contributed by atoms with Crippen molar-refractivity contribution < 1.29 is 4.74 Å². The Hall–Kier alpha value is -2.33. The van der Waals surface area contributed by atoms with Crippen LogP contribution in [-0.2, 0) is 13.1 Å². The minimum absolute atomic E-state index is 0.450. The van der Waals surface area contributed by atoms with Gasteiger partial charge in [0.15, 0.2) is 0 Å². The van der Waals surface area contributed by atoms with E-state index in [1.165, 1.54) is 0 Å². The van der Waals surface area contributed by atoms with Gasteiger partial charge in [0.25, 0.3) is 0 Å². The van der Waals surface area contributed by atoms with Crippen molar-refractivity contribution in [3.05, 3.63) is 59.8 Å². The lowest BCUT2D eigenvalue weighted by molar-refractivity contribution is 0.414. The number of benzene rings is 2. The number of nitrogens with zero attached hydrogens (tertiary/aromatic N) is 2. The van der Waals surface area contributed by atoms with Gasteiger partial charge in [-0.1, -0.05) is 30.3 Å². The summed E-state index contributed by atoms with van der Waals surface area (Å²) in [6.07, 6.45) is 0. The van der Waals surface area contributed by atoms with Gasteiger partial charge in [0, 0.05) is 11.9 Å². The van der Waals surface area contributed by atoms with Crippen molar-refractivity contribution >= 4 is 10.9 Å². The fraction of sp³-hybridized carbons (Fsp3) is 0.188. The molecule has 3 aromatic rings. The van der Waals surface area contributed by atoms with Gasteiger partial charge < -0.3 is 10.5 Å². The SMILES string of the molecule is COc1cccc(Cn2nc(CN)c3ccccc32)c1. The molecule has 0 aliphatic carbocycles. The highest BCUT2D eigenvalue weighted by Crippen LogP contribution is 2.20. The zero-order valence-corrected chi connectivity index (χ0v) is 11.4. The molecule has 3 rings (SSSR count). The summed E-state index contributed by atoms with van der Waals surface area (Å²) < 4.78 is 7.25. The molecular weight excluding hydrogens is 250 g/mol. The normalized spacial score (nSPS) is 10.9. The first-order chi connectivity index (χ1) is 9.81. The molecule has 0 unspecified atom stereocenters. The molecule has 1 heterocycles. The molecule has 20 heavy (non-hydrogen) atoms. The van der Waals surface area contributed by atoms with Crippen molar-refractivity contribution in [1.82, 2.24) is 9.78 Å². The third-order valence-corrected chi connectivity index (χ3v) is 3.39. The van der Waals surface area contributed by atoms with Crippen molar-refractivity contribution in [3.63, 3.8) is 0 Å². The summed E-state index contributed by atoms with van der Waals surface area (Å²) in [7, 11) is 1.68. The van der Waals surface area contributed by atoms with E-state index in [1.807, 2.05) is 35.0 Å². The predicted octanol–water partition coefficient (Wildman–Crippen LogP) is 2.55. The first kappa shape index (κ1) is 12.7. The number of fused-ring (bicyclic) bond motifs is 1. The van der Waals surface area contributed by atoms with E-state index >= 15 is 0 Å². The molecule has 0 radical (unpaired) electrons. The summed E-state index contributed by atoms with van der Waals surface area (Å²) in [5.74, 6) is 0.859. The van der Waals surface area contributed by atoms with Crippen LogP contribution in [-0.4, -0.2) is 16.9 Å². The van der Waals surface area contributed by atoms with Gasteiger partial charge in [0.2, 0.25) is 0 Å². The highest BCUT2D eigenvalue weighted by Gasteiger charge is 2.09. The van der Waals surface area contributed by atoms with Gasteiger partial charge in [-0.25, -0.2) is 0 Å². The van der Waals surface area contributed by atoms with Gasteiger partial charge in [0.1, 0.15) is 5.75 Å². The van der Waals surface area contributed by atoms with Crippen molar-refractivity contribution in [1.29, 1.82) is 0 Å². The van der Waals surface area contributed by atoms with Crippen LogP contribution in [0.5, 0.6) is 5.75 Å². The maximum atomic E-state index is 5.77. The molecular formula is C16H17N3O. The zero-order chi connectivity index (χ0) is 13.9. The van der Waals surface area contributed by atoms with Crippen LogP contribution < -0.4 is 10.5 Å². The number of aromatic nitrogens is 2. The van der Waals surface area contributed by atoms with Crippen molar-refractivity contribution in [3.8, 4) is 5.75 Å². The Morgan fingerprint density at radius 2 is 2.00 bits per heavy atom. The summed E-state index contributed by atoms with van der Waals surface area (Å²) in [5, 5.41) is 5.73. The smallest absolute Gasteiger partial charge is 0.119 e. The highest BCUT2D eigenvalue weighted by atomic mass is 16.5. The van der Waals surface area contributed by atoms with Gasteiger partial charge in [-0.3, -0.25) is 4.68 Å². The average molecular weight is 267 g/mol. The molecule has 102 valence electrons. The number of methoxy groups -OCH3 is 1.